The normalized spacial score (nSPS) is 18.3. The molecule has 4 rings (SSSR count). The molecule has 7 heteroatoms. The highest BCUT2D eigenvalue weighted by Crippen LogP contribution is 2.37. The van der Waals surface area contributed by atoms with Gasteiger partial charge in [0.15, 0.2) is 0 Å². The van der Waals surface area contributed by atoms with E-state index >= 15 is 0 Å². The summed E-state index contributed by atoms with van der Waals surface area (Å²) < 4.78 is 1.86. The van der Waals surface area contributed by atoms with Gasteiger partial charge in [-0.1, -0.05) is 19.1 Å². The Bertz CT molecular complexity index is 946. The molecule has 0 aliphatic heterocycles. The van der Waals surface area contributed by atoms with Crippen molar-refractivity contribution in [1.82, 2.24) is 19.7 Å². The van der Waals surface area contributed by atoms with E-state index in [4.69, 9.17) is 0 Å². The van der Waals surface area contributed by atoms with Crippen molar-refractivity contribution in [3.8, 4) is 11.3 Å². The highest BCUT2D eigenvalue weighted by Gasteiger charge is 2.38. The Morgan fingerprint density at radius 1 is 1.26 bits per heavy atom. The lowest BCUT2D eigenvalue weighted by molar-refractivity contribution is -0.122. The van der Waals surface area contributed by atoms with Gasteiger partial charge in [-0.2, -0.15) is 0 Å². The lowest BCUT2D eigenvalue weighted by Gasteiger charge is -2.07. The molecule has 2 heterocycles. The molecule has 1 aromatic carbocycles. The Hall–Kier alpha value is -3.22. The maximum absolute atomic E-state index is 12.0. The van der Waals surface area contributed by atoms with Crippen molar-refractivity contribution in [2.45, 2.75) is 19.8 Å². The Kier molecular flexibility index (Phi) is 4.58. The smallest absolute Gasteiger partial charge is 0.234 e. The van der Waals surface area contributed by atoms with Crippen molar-refractivity contribution < 1.29 is 9.59 Å². The zero-order valence-electron chi connectivity index (χ0n) is 15.1. The van der Waals surface area contributed by atoms with E-state index in [0.29, 0.717) is 23.9 Å². The van der Waals surface area contributed by atoms with E-state index in [1.165, 1.54) is 0 Å². The second-order valence-corrected chi connectivity index (χ2v) is 6.94. The van der Waals surface area contributed by atoms with Crippen molar-refractivity contribution in [2.75, 3.05) is 11.9 Å². The fraction of sp³-hybridized carbons (Fsp3) is 0.300. The Morgan fingerprint density at radius 3 is 2.74 bits per heavy atom. The first-order chi connectivity index (χ1) is 13.1. The highest BCUT2D eigenvalue weighted by atomic mass is 16.2. The fourth-order valence-electron chi connectivity index (χ4n) is 3.03. The van der Waals surface area contributed by atoms with Crippen molar-refractivity contribution in [2.24, 2.45) is 11.8 Å². The summed E-state index contributed by atoms with van der Waals surface area (Å²) in [5.41, 5.74) is 2.49. The molecule has 7 nitrogen and oxygen atoms in total. The lowest BCUT2D eigenvalue weighted by atomic mass is 10.1. The minimum atomic E-state index is -0.121. The first-order valence-electron chi connectivity index (χ1n) is 9.08. The van der Waals surface area contributed by atoms with Crippen LogP contribution in [0.5, 0.6) is 0 Å². The van der Waals surface area contributed by atoms with Crippen LogP contribution in [0.2, 0.25) is 0 Å². The maximum Gasteiger partial charge on any atom is 0.234 e. The van der Waals surface area contributed by atoms with Crippen LogP contribution in [0.1, 0.15) is 19.8 Å². The van der Waals surface area contributed by atoms with Gasteiger partial charge >= 0.3 is 0 Å². The number of rotatable bonds is 6. The molecule has 2 aromatic heterocycles. The van der Waals surface area contributed by atoms with Crippen LogP contribution in [0.15, 0.2) is 48.9 Å². The van der Waals surface area contributed by atoms with Gasteiger partial charge in [0.05, 0.1) is 5.69 Å². The van der Waals surface area contributed by atoms with Gasteiger partial charge in [-0.25, -0.2) is 9.97 Å². The van der Waals surface area contributed by atoms with E-state index in [9.17, 15) is 9.59 Å². The summed E-state index contributed by atoms with van der Waals surface area (Å²) in [6, 6.07) is 9.36. The molecule has 3 aromatic rings. The zero-order valence-corrected chi connectivity index (χ0v) is 15.1. The van der Waals surface area contributed by atoms with Crippen molar-refractivity contribution in [1.29, 1.82) is 0 Å². The SMILES string of the molecule is CC1CC1C(=O)NCCC(=O)Nc1ccc(-c2cn3cccnc3n2)cc1. The standard InChI is InChI=1S/C20H21N5O2/c1-13-11-16(13)19(27)21-9-7-18(26)23-15-5-3-14(4-6-15)17-12-25-10-2-8-22-20(25)24-17/h2-6,8,10,12-13,16H,7,9,11H2,1H3,(H,21,27)(H,23,26). The molecule has 1 saturated carbocycles. The second-order valence-electron chi connectivity index (χ2n) is 6.94. The first-order valence-corrected chi connectivity index (χ1v) is 9.08. The Labute approximate surface area is 156 Å². The van der Waals surface area contributed by atoms with Crippen LogP contribution in [0.25, 0.3) is 17.0 Å². The van der Waals surface area contributed by atoms with Crippen LogP contribution in [0.3, 0.4) is 0 Å². The molecule has 0 bridgehead atoms. The summed E-state index contributed by atoms with van der Waals surface area (Å²) in [5.74, 6) is 1.19. The average molecular weight is 363 g/mol. The zero-order chi connectivity index (χ0) is 18.8. The fourth-order valence-corrected chi connectivity index (χ4v) is 3.03. The number of nitrogens with zero attached hydrogens (tertiary/aromatic N) is 3. The van der Waals surface area contributed by atoms with Crippen LogP contribution < -0.4 is 10.6 Å². The van der Waals surface area contributed by atoms with Gasteiger partial charge in [0.25, 0.3) is 0 Å². The predicted molar refractivity (Wildman–Crippen MR) is 102 cm³/mol. The van der Waals surface area contributed by atoms with Crippen molar-refractivity contribution in [3.63, 3.8) is 0 Å². The second kappa shape index (κ2) is 7.19. The van der Waals surface area contributed by atoms with Crippen LogP contribution in [-0.2, 0) is 9.59 Å². The summed E-state index contributed by atoms with van der Waals surface area (Å²) in [7, 11) is 0. The minimum Gasteiger partial charge on any atom is -0.355 e. The lowest BCUT2D eigenvalue weighted by Crippen LogP contribution is -2.29. The summed E-state index contributed by atoms with van der Waals surface area (Å²) >= 11 is 0. The Balaban J connectivity index is 1.30. The molecule has 138 valence electrons. The number of carbonyl (C=O) groups excluding carboxylic acids is 2. The third-order valence-electron chi connectivity index (χ3n) is 4.80. The van der Waals surface area contributed by atoms with Gasteiger partial charge in [-0.05, 0) is 30.5 Å². The van der Waals surface area contributed by atoms with Gasteiger partial charge in [-0.15, -0.1) is 0 Å². The number of nitrogens with one attached hydrogen (secondary N) is 2. The molecular formula is C20H21N5O2. The number of imidazole rings is 1. The molecule has 27 heavy (non-hydrogen) atoms. The van der Waals surface area contributed by atoms with Gasteiger partial charge in [0.2, 0.25) is 17.6 Å². The van der Waals surface area contributed by atoms with E-state index < -0.39 is 0 Å². The molecule has 0 saturated heterocycles. The number of benzene rings is 1. The number of anilines is 1. The van der Waals surface area contributed by atoms with E-state index in [2.05, 4.69) is 27.5 Å². The maximum atomic E-state index is 12.0. The number of aromatic nitrogens is 3. The monoisotopic (exact) mass is 363 g/mol. The molecule has 2 amide bonds. The summed E-state index contributed by atoms with van der Waals surface area (Å²) in [5, 5.41) is 5.67. The molecule has 2 atom stereocenters. The molecule has 1 aliphatic carbocycles. The van der Waals surface area contributed by atoms with Crippen LogP contribution in [0.4, 0.5) is 5.69 Å². The van der Waals surface area contributed by atoms with Crippen LogP contribution in [-0.4, -0.2) is 32.7 Å². The van der Waals surface area contributed by atoms with Gasteiger partial charge in [0.1, 0.15) is 0 Å². The highest BCUT2D eigenvalue weighted by molar-refractivity contribution is 5.91. The average Bonchev–Trinajstić information content (AvgIpc) is 3.24. The number of amides is 2. The largest absolute Gasteiger partial charge is 0.355 e. The van der Waals surface area contributed by atoms with E-state index in [-0.39, 0.29) is 24.2 Å². The molecule has 0 radical (unpaired) electrons. The van der Waals surface area contributed by atoms with Crippen molar-refractivity contribution in [3.05, 3.63) is 48.9 Å². The molecule has 2 unspecified atom stereocenters. The van der Waals surface area contributed by atoms with Crippen molar-refractivity contribution >= 4 is 23.3 Å². The molecule has 2 N–H and O–H groups in total. The third kappa shape index (κ3) is 3.97. The number of hydrogen-bond acceptors (Lipinski definition) is 4. The molecular weight excluding hydrogens is 342 g/mol. The third-order valence-corrected chi connectivity index (χ3v) is 4.80. The molecule has 1 aliphatic rings. The first kappa shape index (κ1) is 17.2. The van der Waals surface area contributed by atoms with E-state index in [1.807, 2.05) is 47.1 Å². The summed E-state index contributed by atoms with van der Waals surface area (Å²) in [4.78, 5) is 32.5. The quantitative estimate of drug-likeness (QED) is 0.704. The summed E-state index contributed by atoms with van der Waals surface area (Å²) in [6.07, 6.45) is 6.73. The predicted octanol–water partition coefficient (Wildman–Crippen LogP) is 2.50. The van der Waals surface area contributed by atoms with Gasteiger partial charge in [0, 0.05) is 48.7 Å². The van der Waals surface area contributed by atoms with E-state index in [0.717, 1.165) is 17.7 Å². The number of fused-ring (bicyclic) bond motifs is 1. The van der Waals surface area contributed by atoms with Gasteiger partial charge in [-0.3, -0.25) is 14.0 Å². The number of hydrogen-bond donors (Lipinski definition) is 2. The molecule has 1 fully saturated rings. The van der Waals surface area contributed by atoms with Crippen LogP contribution >= 0.6 is 0 Å². The van der Waals surface area contributed by atoms with Crippen LogP contribution in [0, 0.1) is 11.8 Å². The topological polar surface area (TPSA) is 88.4 Å². The van der Waals surface area contributed by atoms with E-state index in [1.54, 1.807) is 6.20 Å². The summed E-state index contributed by atoms with van der Waals surface area (Å²) in [6.45, 7) is 2.42. The molecule has 0 spiro atoms. The minimum absolute atomic E-state index is 0.0570. The van der Waals surface area contributed by atoms with Gasteiger partial charge < -0.3 is 10.6 Å². The number of carbonyl (C=O) groups is 2. The Morgan fingerprint density at radius 2 is 2.04 bits per heavy atom.